The predicted octanol–water partition coefficient (Wildman–Crippen LogP) is 2.64. The molecule has 0 aliphatic heterocycles. The number of benzene rings is 2. The molecule has 1 atom stereocenters. The third kappa shape index (κ3) is 2.81. The summed E-state index contributed by atoms with van der Waals surface area (Å²) in [7, 11) is 1.53. The maximum atomic E-state index is 9.54. The van der Waals surface area contributed by atoms with Crippen LogP contribution in [0.4, 0.5) is 0 Å². The summed E-state index contributed by atoms with van der Waals surface area (Å²) >= 11 is 0. The molecule has 3 heteroatoms. The first-order valence-corrected chi connectivity index (χ1v) is 5.87. The Bertz CT molecular complexity index is 511. The quantitative estimate of drug-likeness (QED) is 0.868. The number of hydrogen-bond acceptors (Lipinski definition) is 3. The highest BCUT2D eigenvalue weighted by Gasteiger charge is 2.10. The van der Waals surface area contributed by atoms with E-state index in [0.29, 0.717) is 5.75 Å². The summed E-state index contributed by atoms with van der Waals surface area (Å²) in [6, 6.07) is 15.2. The fourth-order valence-electron chi connectivity index (χ4n) is 1.91. The molecule has 2 aromatic rings. The maximum Gasteiger partial charge on any atom is 0.160 e. The standard InChI is InChI=1S/C15H17NO2/c1-18-15-10-12(7-8-14(15)17)13(16)9-11-5-3-2-4-6-11/h2-8,10,13,17H,9,16H2,1H3/t13-/m1/s1. The predicted molar refractivity (Wildman–Crippen MR) is 71.7 cm³/mol. The van der Waals surface area contributed by atoms with Crippen LogP contribution < -0.4 is 10.5 Å². The second-order valence-electron chi connectivity index (χ2n) is 4.23. The smallest absolute Gasteiger partial charge is 0.160 e. The SMILES string of the molecule is COc1cc([C@H](N)Cc2ccccc2)ccc1O. The number of hydrogen-bond donors (Lipinski definition) is 2. The fourth-order valence-corrected chi connectivity index (χ4v) is 1.91. The first kappa shape index (κ1) is 12.5. The Balaban J connectivity index is 2.16. The lowest BCUT2D eigenvalue weighted by molar-refractivity contribution is 0.372. The van der Waals surface area contributed by atoms with Crippen molar-refractivity contribution in [2.75, 3.05) is 7.11 Å². The van der Waals surface area contributed by atoms with Crippen LogP contribution in [0, 0.1) is 0 Å². The zero-order chi connectivity index (χ0) is 13.0. The molecular weight excluding hydrogens is 226 g/mol. The van der Waals surface area contributed by atoms with Gasteiger partial charge in [-0.25, -0.2) is 0 Å². The molecule has 0 heterocycles. The minimum absolute atomic E-state index is 0.109. The number of rotatable bonds is 4. The van der Waals surface area contributed by atoms with Crippen molar-refractivity contribution < 1.29 is 9.84 Å². The molecule has 2 rings (SSSR count). The van der Waals surface area contributed by atoms with Crippen molar-refractivity contribution in [1.82, 2.24) is 0 Å². The molecular formula is C15H17NO2. The van der Waals surface area contributed by atoms with Gasteiger partial charge < -0.3 is 15.6 Å². The third-order valence-corrected chi connectivity index (χ3v) is 2.93. The minimum Gasteiger partial charge on any atom is -0.504 e. The zero-order valence-corrected chi connectivity index (χ0v) is 10.3. The third-order valence-electron chi connectivity index (χ3n) is 2.93. The van der Waals surface area contributed by atoms with E-state index in [0.717, 1.165) is 12.0 Å². The van der Waals surface area contributed by atoms with Crippen LogP contribution in [0.25, 0.3) is 0 Å². The van der Waals surface area contributed by atoms with Crippen molar-refractivity contribution >= 4 is 0 Å². The summed E-state index contributed by atoms with van der Waals surface area (Å²) in [6.45, 7) is 0. The van der Waals surface area contributed by atoms with E-state index in [1.165, 1.54) is 12.7 Å². The van der Waals surface area contributed by atoms with Gasteiger partial charge in [-0.3, -0.25) is 0 Å². The zero-order valence-electron chi connectivity index (χ0n) is 10.3. The van der Waals surface area contributed by atoms with Gasteiger partial charge in [-0.05, 0) is 29.7 Å². The van der Waals surface area contributed by atoms with E-state index in [2.05, 4.69) is 12.1 Å². The molecule has 0 fully saturated rings. The van der Waals surface area contributed by atoms with Crippen molar-refractivity contribution in [3.8, 4) is 11.5 Å². The monoisotopic (exact) mass is 243 g/mol. The summed E-state index contributed by atoms with van der Waals surface area (Å²) < 4.78 is 5.08. The number of phenols is 1. The Hall–Kier alpha value is -2.00. The van der Waals surface area contributed by atoms with Crippen molar-refractivity contribution in [1.29, 1.82) is 0 Å². The van der Waals surface area contributed by atoms with E-state index in [1.807, 2.05) is 24.3 Å². The normalized spacial score (nSPS) is 12.1. The second kappa shape index (κ2) is 5.56. The van der Waals surface area contributed by atoms with Crippen LogP contribution in [-0.2, 0) is 6.42 Å². The van der Waals surface area contributed by atoms with Gasteiger partial charge in [0.05, 0.1) is 7.11 Å². The second-order valence-corrected chi connectivity index (χ2v) is 4.23. The Morgan fingerprint density at radius 3 is 2.56 bits per heavy atom. The molecule has 2 aromatic carbocycles. The van der Waals surface area contributed by atoms with E-state index < -0.39 is 0 Å². The van der Waals surface area contributed by atoms with Gasteiger partial charge in [0, 0.05) is 6.04 Å². The van der Waals surface area contributed by atoms with Crippen molar-refractivity contribution in [3.63, 3.8) is 0 Å². The van der Waals surface area contributed by atoms with Crippen LogP contribution in [-0.4, -0.2) is 12.2 Å². The first-order valence-electron chi connectivity index (χ1n) is 5.87. The maximum absolute atomic E-state index is 9.54. The topological polar surface area (TPSA) is 55.5 Å². The van der Waals surface area contributed by atoms with Crippen molar-refractivity contribution in [2.24, 2.45) is 5.73 Å². The molecule has 0 amide bonds. The molecule has 0 spiro atoms. The highest BCUT2D eigenvalue weighted by Crippen LogP contribution is 2.29. The molecule has 3 nitrogen and oxygen atoms in total. The summed E-state index contributed by atoms with van der Waals surface area (Å²) in [6.07, 6.45) is 0.759. The number of ether oxygens (including phenoxy) is 1. The Labute approximate surface area is 107 Å². The first-order chi connectivity index (χ1) is 8.70. The molecule has 0 bridgehead atoms. The average molecular weight is 243 g/mol. The van der Waals surface area contributed by atoms with Gasteiger partial charge in [0.1, 0.15) is 0 Å². The van der Waals surface area contributed by atoms with Gasteiger partial charge in [-0.15, -0.1) is 0 Å². The van der Waals surface area contributed by atoms with Gasteiger partial charge in [0.25, 0.3) is 0 Å². The van der Waals surface area contributed by atoms with Crippen LogP contribution >= 0.6 is 0 Å². The summed E-state index contributed by atoms with van der Waals surface area (Å²) in [5.74, 6) is 0.587. The highest BCUT2D eigenvalue weighted by molar-refractivity contribution is 5.43. The van der Waals surface area contributed by atoms with E-state index >= 15 is 0 Å². The van der Waals surface area contributed by atoms with E-state index in [9.17, 15) is 5.11 Å². The number of methoxy groups -OCH3 is 1. The van der Waals surface area contributed by atoms with Crippen LogP contribution in [0.2, 0.25) is 0 Å². The molecule has 0 aliphatic rings. The highest BCUT2D eigenvalue weighted by atomic mass is 16.5. The lowest BCUT2D eigenvalue weighted by Crippen LogP contribution is -2.13. The Morgan fingerprint density at radius 2 is 1.89 bits per heavy atom. The summed E-state index contributed by atoms with van der Waals surface area (Å²) in [5.41, 5.74) is 8.31. The fraction of sp³-hybridized carbons (Fsp3) is 0.200. The number of phenolic OH excluding ortho intramolecular Hbond substituents is 1. The molecule has 3 N–H and O–H groups in total. The van der Waals surface area contributed by atoms with Crippen LogP contribution in [0.15, 0.2) is 48.5 Å². The Morgan fingerprint density at radius 1 is 1.17 bits per heavy atom. The number of nitrogens with two attached hydrogens (primary N) is 1. The molecule has 0 unspecified atom stereocenters. The van der Waals surface area contributed by atoms with Crippen LogP contribution in [0.5, 0.6) is 11.5 Å². The van der Waals surface area contributed by atoms with E-state index in [-0.39, 0.29) is 11.8 Å². The van der Waals surface area contributed by atoms with Gasteiger partial charge >= 0.3 is 0 Å². The van der Waals surface area contributed by atoms with Crippen LogP contribution in [0.3, 0.4) is 0 Å². The molecule has 94 valence electrons. The average Bonchev–Trinajstić information content (AvgIpc) is 2.40. The lowest BCUT2D eigenvalue weighted by Gasteiger charge is -2.14. The molecule has 0 saturated heterocycles. The van der Waals surface area contributed by atoms with Gasteiger partial charge in [-0.1, -0.05) is 36.4 Å². The summed E-state index contributed by atoms with van der Waals surface area (Å²) in [5, 5.41) is 9.54. The lowest BCUT2D eigenvalue weighted by atomic mass is 9.99. The molecule has 0 aliphatic carbocycles. The van der Waals surface area contributed by atoms with E-state index in [1.54, 1.807) is 12.1 Å². The van der Waals surface area contributed by atoms with Gasteiger partial charge in [-0.2, -0.15) is 0 Å². The number of aromatic hydroxyl groups is 1. The molecule has 18 heavy (non-hydrogen) atoms. The minimum atomic E-state index is -0.109. The van der Waals surface area contributed by atoms with Gasteiger partial charge in [0.2, 0.25) is 0 Å². The molecule has 0 radical (unpaired) electrons. The Kier molecular flexibility index (Phi) is 3.85. The van der Waals surface area contributed by atoms with E-state index in [4.69, 9.17) is 10.5 Å². The largest absolute Gasteiger partial charge is 0.504 e. The van der Waals surface area contributed by atoms with Crippen molar-refractivity contribution in [3.05, 3.63) is 59.7 Å². The van der Waals surface area contributed by atoms with Crippen molar-refractivity contribution in [2.45, 2.75) is 12.5 Å². The molecule has 0 aromatic heterocycles. The molecule has 0 saturated carbocycles. The summed E-state index contributed by atoms with van der Waals surface area (Å²) in [4.78, 5) is 0. The van der Waals surface area contributed by atoms with Crippen LogP contribution in [0.1, 0.15) is 17.2 Å². The van der Waals surface area contributed by atoms with Gasteiger partial charge in [0.15, 0.2) is 11.5 Å².